The van der Waals surface area contributed by atoms with Crippen LogP contribution in [-0.2, 0) is 11.6 Å². The number of thiazole rings is 1. The molecule has 1 rings (SSSR count). The highest BCUT2D eigenvalue weighted by Gasteiger charge is 2.36. The molecule has 1 unspecified atom stereocenters. The third-order valence-corrected chi connectivity index (χ3v) is 4.19. The fourth-order valence-corrected chi connectivity index (χ4v) is 2.90. The molecule has 0 amide bonds. The van der Waals surface area contributed by atoms with Gasteiger partial charge in [0.15, 0.2) is 5.01 Å². The van der Waals surface area contributed by atoms with Crippen molar-refractivity contribution in [3.8, 4) is 0 Å². The Balaban J connectivity index is 2.82. The summed E-state index contributed by atoms with van der Waals surface area (Å²) in [5, 5.41) is 2.51. The number of aromatic nitrogens is 1. The zero-order valence-electron chi connectivity index (χ0n) is 11.1. The van der Waals surface area contributed by atoms with Gasteiger partial charge in [-0.05, 0) is 19.9 Å². The molecule has 1 aromatic heterocycles. The molecule has 0 radical (unpaired) electrons. The first-order chi connectivity index (χ1) is 8.16. The van der Waals surface area contributed by atoms with Crippen molar-refractivity contribution in [2.24, 2.45) is 0 Å². The number of nitrogens with zero attached hydrogens (tertiary/aromatic N) is 1. The fourth-order valence-electron chi connectivity index (χ4n) is 2.00. The minimum atomic E-state index is -4.34. The highest BCUT2D eigenvalue weighted by molar-refractivity contribution is 7.11. The molecule has 1 heterocycles. The largest absolute Gasteiger partial charge is 0.443 e. The van der Waals surface area contributed by atoms with E-state index in [0.29, 0.717) is 4.88 Å². The molecular formula is C12H19F3N2S. The minimum absolute atomic E-state index is 0.265. The van der Waals surface area contributed by atoms with Gasteiger partial charge < -0.3 is 5.32 Å². The van der Waals surface area contributed by atoms with Gasteiger partial charge in [-0.3, -0.25) is 0 Å². The number of alkyl halides is 3. The maximum atomic E-state index is 12.5. The summed E-state index contributed by atoms with van der Waals surface area (Å²) in [6, 6.07) is 0.265. The second-order valence-corrected chi connectivity index (χ2v) is 6.10. The van der Waals surface area contributed by atoms with Gasteiger partial charge in [0.2, 0.25) is 0 Å². The molecule has 0 bridgehead atoms. The maximum Gasteiger partial charge on any atom is 0.443 e. The molecule has 1 atom stereocenters. The van der Waals surface area contributed by atoms with Crippen molar-refractivity contribution in [3.63, 3.8) is 0 Å². The summed E-state index contributed by atoms with van der Waals surface area (Å²) in [6.45, 7) is 8.81. The minimum Gasteiger partial charge on any atom is -0.314 e. The van der Waals surface area contributed by atoms with E-state index < -0.39 is 11.2 Å². The van der Waals surface area contributed by atoms with Crippen molar-refractivity contribution in [2.45, 2.75) is 51.7 Å². The first kappa shape index (κ1) is 15.4. The molecular weight excluding hydrogens is 261 g/mol. The lowest BCUT2D eigenvalue weighted by Gasteiger charge is -2.27. The van der Waals surface area contributed by atoms with Gasteiger partial charge in [-0.25, -0.2) is 4.98 Å². The predicted molar refractivity (Wildman–Crippen MR) is 67.9 cm³/mol. The van der Waals surface area contributed by atoms with E-state index in [-0.39, 0.29) is 11.5 Å². The second kappa shape index (κ2) is 5.57. The SMILES string of the molecule is CCNC(C)CC(C)(C)c1cnc(C(F)(F)F)s1. The molecule has 6 heteroatoms. The Morgan fingerprint density at radius 3 is 2.44 bits per heavy atom. The Bertz CT molecular complexity index is 385. The van der Waals surface area contributed by atoms with Crippen molar-refractivity contribution >= 4 is 11.3 Å². The monoisotopic (exact) mass is 280 g/mol. The van der Waals surface area contributed by atoms with Crippen LogP contribution in [0.15, 0.2) is 6.20 Å². The van der Waals surface area contributed by atoms with Crippen molar-refractivity contribution < 1.29 is 13.2 Å². The van der Waals surface area contributed by atoms with Gasteiger partial charge in [0.05, 0.1) is 0 Å². The molecule has 0 saturated carbocycles. The first-order valence-electron chi connectivity index (χ1n) is 5.93. The van der Waals surface area contributed by atoms with Gasteiger partial charge in [0.1, 0.15) is 0 Å². The Kier molecular flexibility index (Phi) is 4.78. The van der Waals surface area contributed by atoms with E-state index in [1.807, 2.05) is 27.7 Å². The van der Waals surface area contributed by atoms with E-state index in [0.717, 1.165) is 24.3 Å². The number of nitrogens with one attached hydrogen (secondary N) is 1. The van der Waals surface area contributed by atoms with E-state index in [1.165, 1.54) is 6.20 Å². The molecule has 2 nitrogen and oxygen atoms in total. The summed E-state index contributed by atoms with van der Waals surface area (Å²) < 4.78 is 37.5. The van der Waals surface area contributed by atoms with E-state index in [1.54, 1.807) is 0 Å². The van der Waals surface area contributed by atoms with Crippen LogP contribution in [0.4, 0.5) is 13.2 Å². The molecule has 0 spiro atoms. The van der Waals surface area contributed by atoms with E-state index in [9.17, 15) is 13.2 Å². The standard InChI is InChI=1S/C12H19F3N2S/c1-5-16-8(2)6-11(3,4)9-7-17-10(18-9)12(13,14)15/h7-8,16H,5-6H2,1-4H3. The summed E-state index contributed by atoms with van der Waals surface area (Å²) in [4.78, 5) is 4.16. The highest BCUT2D eigenvalue weighted by Crippen LogP contribution is 2.38. The van der Waals surface area contributed by atoms with Gasteiger partial charge in [0.25, 0.3) is 0 Å². The van der Waals surface area contributed by atoms with Crippen LogP contribution < -0.4 is 5.32 Å². The number of hydrogen-bond donors (Lipinski definition) is 1. The quantitative estimate of drug-likeness (QED) is 0.886. The fraction of sp³-hybridized carbons (Fsp3) is 0.750. The lowest BCUT2D eigenvalue weighted by molar-refractivity contribution is -0.137. The first-order valence-corrected chi connectivity index (χ1v) is 6.75. The lowest BCUT2D eigenvalue weighted by atomic mass is 9.85. The molecule has 0 aliphatic heterocycles. The molecule has 1 aromatic rings. The lowest BCUT2D eigenvalue weighted by Crippen LogP contribution is -2.32. The van der Waals surface area contributed by atoms with Gasteiger partial charge in [-0.2, -0.15) is 13.2 Å². The van der Waals surface area contributed by atoms with Crippen molar-refractivity contribution in [2.75, 3.05) is 6.54 Å². The van der Waals surface area contributed by atoms with Crippen molar-refractivity contribution in [1.82, 2.24) is 10.3 Å². The van der Waals surface area contributed by atoms with Crippen LogP contribution in [0, 0.1) is 0 Å². The molecule has 0 fully saturated rings. The predicted octanol–water partition coefficient (Wildman–Crippen LogP) is 3.83. The summed E-state index contributed by atoms with van der Waals surface area (Å²) >= 11 is 0.743. The number of halogens is 3. The van der Waals surface area contributed by atoms with E-state index in [4.69, 9.17) is 0 Å². The summed E-state index contributed by atoms with van der Waals surface area (Å²) in [6.07, 6.45) is -2.21. The highest BCUT2D eigenvalue weighted by atomic mass is 32.1. The molecule has 0 aliphatic carbocycles. The van der Waals surface area contributed by atoms with Crippen LogP contribution in [0.2, 0.25) is 0 Å². The zero-order valence-corrected chi connectivity index (χ0v) is 11.9. The van der Waals surface area contributed by atoms with E-state index >= 15 is 0 Å². The Morgan fingerprint density at radius 2 is 2.00 bits per heavy atom. The number of hydrogen-bond acceptors (Lipinski definition) is 3. The van der Waals surface area contributed by atoms with Crippen LogP contribution >= 0.6 is 11.3 Å². The summed E-state index contributed by atoms with van der Waals surface area (Å²) in [7, 11) is 0. The molecule has 0 aromatic carbocycles. The third kappa shape index (κ3) is 3.95. The van der Waals surface area contributed by atoms with Gasteiger partial charge in [-0.15, -0.1) is 11.3 Å². The molecule has 104 valence electrons. The molecule has 1 N–H and O–H groups in total. The average Bonchev–Trinajstić information content (AvgIpc) is 2.64. The summed E-state index contributed by atoms with van der Waals surface area (Å²) in [5.74, 6) is 0. The van der Waals surface area contributed by atoms with E-state index in [2.05, 4.69) is 10.3 Å². The number of rotatable bonds is 5. The third-order valence-electron chi connectivity index (χ3n) is 2.78. The van der Waals surface area contributed by atoms with Crippen LogP contribution in [0.5, 0.6) is 0 Å². The van der Waals surface area contributed by atoms with Gasteiger partial charge >= 0.3 is 6.18 Å². The van der Waals surface area contributed by atoms with Crippen LogP contribution in [-0.4, -0.2) is 17.6 Å². The normalized spacial score (nSPS) is 14.8. The molecule has 0 aliphatic rings. The smallest absolute Gasteiger partial charge is 0.314 e. The molecule has 0 saturated heterocycles. The molecule has 18 heavy (non-hydrogen) atoms. The Morgan fingerprint density at radius 1 is 1.39 bits per heavy atom. The maximum absolute atomic E-state index is 12.5. The topological polar surface area (TPSA) is 24.9 Å². The van der Waals surface area contributed by atoms with Crippen LogP contribution in [0.3, 0.4) is 0 Å². The second-order valence-electron chi connectivity index (χ2n) is 5.07. The Hall–Kier alpha value is -0.620. The average molecular weight is 280 g/mol. The Labute approximate surface area is 110 Å². The van der Waals surface area contributed by atoms with Crippen molar-refractivity contribution in [3.05, 3.63) is 16.1 Å². The van der Waals surface area contributed by atoms with Crippen LogP contribution in [0.1, 0.15) is 44.0 Å². The summed E-state index contributed by atoms with van der Waals surface area (Å²) in [5.41, 5.74) is -0.303. The van der Waals surface area contributed by atoms with Crippen molar-refractivity contribution in [1.29, 1.82) is 0 Å². The zero-order chi connectivity index (χ0) is 14.0. The van der Waals surface area contributed by atoms with Crippen LogP contribution in [0.25, 0.3) is 0 Å². The van der Waals surface area contributed by atoms with Gasteiger partial charge in [-0.1, -0.05) is 20.8 Å². The van der Waals surface area contributed by atoms with Gasteiger partial charge in [0, 0.05) is 22.5 Å².